The fourth-order valence-corrected chi connectivity index (χ4v) is 2.63. The van der Waals surface area contributed by atoms with Crippen molar-refractivity contribution in [3.63, 3.8) is 0 Å². The average Bonchev–Trinajstić information content (AvgIpc) is 3.03. The summed E-state index contributed by atoms with van der Waals surface area (Å²) in [5.74, 6) is 0.899. The Labute approximate surface area is 122 Å². The number of para-hydroxylation sites is 1. The van der Waals surface area contributed by atoms with E-state index in [1.54, 1.807) is 6.20 Å². The van der Waals surface area contributed by atoms with Gasteiger partial charge in [0, 0.05) is 12.7 Å². The Morgan fingerprint density at radius 2 is 2.15 bits per heavy atom. The van der Waals surface area contributed by atoms with E-state index >= 15 is 0 Å². The highest BCUT2D eigenvalue weighted by Crippen LogP contribution is 2.26. The Bertz CT molecular complexity index is 715. The summed E-state index contributed by atoms with van der Waals surface area (Å²) in [5.41, 5.74) is 3.35. The SMILES string of the molecule is Cc1cccc2nc(C(C)Cl)n(CCn3ccnn3)c12. The zero-order valence-corrected chi connectivity index (χ0v) is 12.2. The second-order valence-corrected chi connectivity index (χ2v) is 5.50. The van der Waals surface area contributed by atoms with Crippen molar-refractivity contribution in [1.29, 1.82) is 0 Å². The number of imidazole rings is 1. The van der Waals surface area contributed by atoms with Crippen molar-refractivity contribution in [3.8, 4) is 0 Å². The van der Waals surface area contributed by atoms with Crippen LogP contribution < -0.4 is 0 Å². The molecule has 0 spiro atoms. The van der Waals surface area contributed by atoms with Crippen LogP contribution in [0.2, 0.25) is 0 Å². The largest absolute Gasteiger partial charge is 0.325 e. The smallest absolute Gasteiger partial charge is 0.127 e. The van der Waals surface area contributed by atoms with E-state index < -0.39 is 0 Å². The van der Waals surface area contributed by atoms with Gasteiger partial charge in [0.1, 0.15) is 5.82 Å². The van der Waals surface area contributed by atoms with Crippen LogP contribution in [0.4, 0.5) is 0 Å². The summed E-state index contributed by atoms with van der Waals surface area (Å²) in [7, 11) is 0. The lowest BCUT2D eigenvalue weighted by molar-refractivity contribution is 0.514. The summed E-state index contributed by atoms with van der Waals surface area (Å²) in [6.07, 6.45) is 3.54. The van der Waals surface area contributed by atoms with Gasteiger partial charge in [0.05, 0.1) is 29.2 Å². The quantitative estimate of drug-likeness (QED) is 0.694. The molecule has 20 heavy (non-hydrogen) atoms. The van der Waals surface area contributed by atoms with Gasteiger partial charge in [0.15, 0.2) is 0 Å². The van der Waals surface area contributed by atoms with Gasteiger partial charge in [-0.25, -0.2) is 4.98 Å². The van der Waals surface area contributed by atoms with Crippen LogP contribution in [-0.2, 0) is 13.1 Å². The van der Waals surface area contributed by atoms with Crippen LogP contribution in [0, 0.1) is 6.92 Å². The minimum atomic E-state index is -0.127. The van der Waals surface area contributed by atoms with E-state index in [9.17, 15) is 0 Å². The number of rotatable bonds is 4. The van der Waals surface area contributed by atoms with Crippen molar-refractivity contribution < 1.29 is 0 Å². The molecule has 6 heteroatoms. The maximum absolute atomic E-state index is 6.27. The fourth-order valence-electron chi connectivity index (χ4n) is 2.47. The standard InChI is InChI=1S/C14H16ClN5/c1-10-4-3-5-12-13(10)20(14(17-12)11(2)15)9-8-19-7-6-16-18-19/h3-7,11H,8-9H2,1-2H3. The van der Waals surface area contributed by atoms with Crippen LogP contribution in [0.1, 0.15) is 23.7 Å². The predicted molar refractivity (Wildman–Crippen MR) is 78.8 cm³/mol. The van der Waals surface area contributed by atoms with Crippen molar-refractivity contribution in [1.82, 2.24) is 24.5 Å². The Balaban J connectivity index is 2.04. The summed E-state index contributed by atoms with van der Waals surface area (Å²) in [6, 6.07) is 6.14. The number of benzene rings is 1. The molecule has 0 amide bonds. The molecule has 0 bridgehead atoms. The third kappa shape index (κ3) is 2.29. The highest BCUT2D eigenvalue weighted by molar-refractivity contribution is 6.20. The van der Waals surface area contributed by atoms with E-state index in [4.69, 9.17) is 11.6 Å². The summed E-state index contributed by atoms with van der Waals surface area (Å²) in [5, 5.41) is 7.69. The van der Waals surface area contributed by atoms with Gasteiger partial charge in [-0.1, -0.05) is 17.3 Å². The molecule has 3 rings (SSSR count). The molecule has 2 aromatic heterocycles. The molecule has 0 aliphatic heterocycles. The lowest BCUT2D eigenvalue weighted by Crippen LogP contribution is -2.11. The maximum Gasteiger partial charge on any atom is 0.127 e. The van der Waals surface area contributed by atoms with Gasteiger partial charge < -0.3 is 4.57 Å². The number of fused-ring (bicyclic) bond motifs is 1. The van der Waals surface area contributed by atoms with Gasteiger partial charge in [0.25, 0.3) is 0 Å². The number of nitrogens with zero attached hydrogens (tertiary/aromatic N) is 5. The molecule has 3 aromatic rings. The van der Waals surface area contributed by atoms with Gasteiger partial charge in [-0.2, -0.15) is 0 Å². The number of hydrogen-bond acceptors (Lipinski definition) is 3. The van der Waals surface area contributed by atoms with Crippen molar-refractivity contribution >= 4 is 22.6 Å². The van der Waals surface area contributed by atoms with Crippen LogP contribution in [0.25, 0.3) is 11.0 Å². The van der Waals surface area contributed by atoms with Gasteiger partial charge in [-0.3, -0.25) is 4.68 Å². The van der Waals surface area contributed by atoms with Gasteiger partial charge in [0.2, 0.25) is 0 Å². The molecule has 0 N–H and O–H groups in total. The molecular formula is C14H16ClN5. The topological polar surface area (TPSA) is 48.5 Å². The van der Waals surface area contributed by atoms with Gasteiger partial charge >= 0.3 is 0 Å². The minimum absolute atomic E-state index is 0.127. The number of aryl methyl sites for hydroxylation is 3. The molecule has 1 unspecified atom stereocenters. The molecular weight excluding hydrogens is 274 g/mol. The Morgan fingerprint density at radius 1 is 1.30 bits per heavy atom. The molecule has 1 aromatic carbocycles. The lowest BCUT2D eigenvalue weighted by Gasteiger charge is -2.11. The molecule has 0 saturated heterocycles. The highest BCUT2D eigenvalue weighted by atomic mass is 35.5. The molecule has 2 heterocycles. The van der Waals surface area contributed by atoms with E-state index in [-0.39, 0.29) is 5.38 Å². The zero-order valence-electron chi connectivity index (χ0n) is 11.5. The highest BCUT2D eigenvalue weighted by Gasteiger charge is 2.16. The van der Waals surface area contributed by atoms with E-state index in [0.29, 0.717) is 0 Å². The number of hydrogen-bond donors (Lipinski definition) is 0. The van der Waals surface area contributed by atoms with Crippen LogP contribution in [0.15, 0.2) is 30.6 Å². The molecule has 0 fully saturated rings. The zero-order chi connectivity index (χ0) is 14.1. The second kappa shape index (κ2) is 5.25. The van der Waals surface area contributed by atoms with E-state index in [2.05, 4.69) is 32.9 Å². The van der Waals surface area contributed by atoms with E-state index in [0.717, 1.165) is 29.9 Å². The predicted octanol–water partition coefficient (Wildman–Crippen LogP) is 2.94. The molecule has 0 aliphatic rings. The normalized spacial score (nSPS) is 12.9. The third-order valence-electron chi connectivity index (χ3n) is 3.38. The van der Waals surface area contributed by atoms with Crippen molar-refractivity contribution in [2.75, 3.05) is 0 Å². The molecule has 5 nitrogen and oxygen atoms in total. The molecule has 104 valence electrons. The van der Waals surface area contributed by atoms with Crippen LogP contribution in [-0.4, -0.2) is 24.5 Å². The maximum atomic E-state index is 6.27. The summed E-state index contributed by atoms with van der Waals surface area (Å²) in [6.45, 7) is 5.57. The number of halogens is 1. The van der Waals surface area contributed by atoms with Gasteiger partial charge in [-0.15, -0.1) is 16.7 Å². The monoisotopic (exact) mass is 289 g/mol. The van der Waals surface area contributed by atoms with E-state index in [1.807, 2.05) is 29.9 Å². The molecule has 0 radical (unpaired) electrons. The van der Waals surface area contributed by atoms with Crippen LogP contribution >= 0.6 is 11.6 Å². The summed E-state index contributed by atoms with van der Waals surface area (Å²) < 4.78 is 4.00. The fraction of sp³-hybridized carbons (Fsp3) is 0.357. The third-order valence-corrected chi connectivity index (χ3v) is 3.57. The van der Waals surface area contributed by atoms with Crippen molar-refractivity contribution in [3.05, 3.63) is 42.0 Å². The Hall–Kier alpha value is -1.88. The van der Waals surface area contributed by atoms with E-state index in [1.165, 1.54) is 5.56 Å². The summed E-state index contributed by atoms with van der Waals surface area (Å²) >= 11 is 6.27. The van der Waals surface area contributed by atoms with Gasteiger partial charge in [-0.05, 0) is 25.5 Å². The summed E-state index contributed by atoms with van der Waals surface area (Å²) in [4.78, 5) is 4.66. The Morgan fingerprint density at radius 3 is 2.85 bits per heavy atom. The first kappa shape index (κ1) is 13.1. The average molecular weight is 290 g/mol. The number of aromatic nitrogens is 5. The molecule has 0 saturated carbocycles. The number of alkyl halides is 1. The second-order valence-electron chi connectivity index (χ2n) is 4.85. The van der Waals surface area contributed by atoms with Crippen molar-refractivity contribution in [2.45, 2.75) is 32.3 Å². The van der Waals surface area contributed by atoms with Crippen LogP contribution in [0.5, 0.6) is 0 Å². The first-order valence-electron chi connectivity index (χ1n) is 6.60. The lowest BCUT2D eigenvalue weighted by atomic mass is 10.2. The molecule has 0 aliphatic carbocycles. The molecule has 1 atom stereocenters. The Kier molecular flexibility index (Phi) is 3.44. The first-order valence-corrected chi connectivity index (χ1v) is 7.04. The first-order chi connectivity index (χ1) is 9.66. The van der Waals surface area contributed by atoms with Crippen LogP contribution in [0.3, 0.4) is 0 Å². The van der Waals surface area contributed by atoms with Crippen molar-refractivity contribution in [2.24, 2.45) is 0 Å². The minimum Gasteiger partial charge on any atom is -0.325 e.